The molecule has 2 rings (SSSR count). The summed E-state index contributed by atoms with van der Waals surface area (Å²) < 4.78 is 0. The zero-order valence-corrected chi connectivity index (χ0v) is 9.41. The van der Waals surface area contributed by atoms with Gasteiger partial charge in [-0.2, -0.15) is 0 Å². The van der Waals surface area contributed by atoms with Gasteiger partial charge in [0.15, 0.2) is 0 Å². The molecule has 0 radical (unpaired) electrons. The molecular weight excluding hydrogens is 186 g/mol. The van der Waals surface area contributed by atoms with Crippen molar-refractivity contribution < 1.29 is 0 Å². The number of hydrogen-bond donors (Lipinski definition) is 1. The van der Waals surface area contributed by atoms with Crippen molar-refractivity contribution in [3.63, 3.8) is 0 Å². The van der Waals surface area contributed by atoms with Crippen molar-refractivity contribution in [1.29, 1.82) is 0 Å². The second kappa shape index (κ2) is 5.31. The van der Waals surface area contributed by atoms with E-state index in [0.717, 1.165) is 25.0 Å². The summed E-state index contributed by atoms with van der Waals surface area (Å²) in [6.45, 7) is 3.86. The Bertz CT molecular complexity index is 262. The summed E-state index contributed by atoms with van der Waals surface area (Å²) in [6.07, 6.45) is 9.09. The summed E-state index contributed by atoms with van der Waals surface area (Å²) in [7, 11) is 0. The Hall–Kier alpha value is -0.830. The molecule has 2 aliphatic rings. The van der Waals surface area contributed by atoms with Crippen LogP contribution in [0.5, 0.6) is 0 Å². The van der Waals surface area contributed by atoms with E-state index >= 15 is 0 Å². The van der Waals surface area contributed by atoms with Crippen LogP contribution in [0, 0.1) is 0 Å². The second-order valence-electron chi connectivity index (χ2n) is 4.55. The molecule has 0 aliphatic carbocycles. The molecule has 2 N–H and O–H groups in total. The van der Waals surface area contributed by atoms with Gasteiger partial charge in [0.2, 0.25) is 0 Å². The first kappa shape index (κ1) is 10.7. The van der Waals surface area contributed by atoms with Crippen LogP contribution in [0.2, 0.25) is 0 Å². The van der Waals surface area contributed by atoms with Gasteiger partial charge in [-0.15, -0.1) is 0 Å². The maximum absolute atomic E-state index is 5.67. The number of rotatable bonds is 4. The molecule has 0 spiro atoms. The Kier molecular flexibility index (Phi) is 3.78. The average molecular weight is 207 g/mol. The zero-order chi connectivity index (χ0) is 10.5. The smallest absolute Gasteiger partial charge is 0.0454 e. The van der Waals surface area contributed by atoms with Gasteiger partial charge in [-0.05, 0) is 58.2 Å². The molecule has 1 saturated heterocycles. The zero-order valence-electron chi connectivity index (χ0n) is 9.41. The molecule has 0 aromatic heterocycles. The Morgan fingerprint density at radius 1 is 1.27 bits per heavy atom. The van der Waals surface area contributed by atoms with Gasteiger partial charge < -0.3 is 10.6 Å². The van der Waals surface area contributed by atoms with Gasteiger partial charge in [-0.25, -0.2) is 0 Å². The summed E-state index contributed by atoms with van der Waals surface area (Å²) in [5, 5.41) is 0. The van der Waals surface area contributed by atoms with E-state index in [-0.39, 0.29) is 0 Å². The molecule has 84 valence electrons. The van der Waals surface area contributed by atoms with Crippen LogP contribution in [0.1, 0.15) is 38.5 Å². The van der Waals surface area contributed by atoms with Gasteiger partial charge in [0.1, 0.15) is 0 Å². The SMILES string of the molecule is NC1=CN=C(CCCN2CCCC2)CC1. The summed E-state index contributed by atoms with van der Waals surface area (Å²) in [5.41, 5.74) is 7.94. The molecule has 0 atom stereocenters. The van der Waals surface area contributed by atoms with Gasteiger partial charge in [-0.1, -0.05) is 0 Å². The molecule has 15 heavy (non-hydrogen) atoms. The lowest BCUT2D eigenvalue weighted by Gasteiger charge is -2.15. The van der Waals surface area contributed by atoms with Crippen molar-refractivity contribution in [2.45, 2.75) is 38.5 Å². The highest BCUT2D eigenvalue weighted by atomic mass is 15.1. The van der Waals surface area contributed by atoms with Gasteiger partial charge in [0.05, 0.1) is 0 Å². The van der Waals surface area contributed by atoms with E-state index < -0.39 is 0 Å². The fourth-order valence-corrected chi connectivity index (χ4v) is 2.29. The van der Waals surface area contributed by atoms with E-state index in [1.807, 2.05) is 6.20 Å². The van der Waals surface area contributed by atoms with Crippen molar-refractivity contribution in [3.05, 3.63) is 11.9 Å². The fraction of sp³-hybridized carbons (Fsp3) is 0.750. The van der Waals surface area contributed by atoms with Gasteiger partial charge in [-0.3, -0.25) is 4.99 Å². The first-order valence-electron chi connectivity index (χ1n) is 6.07. The van der Waals surface area contributed by atoms with Crippen molar-refractivity contribution >= 4 is 5.71 Å². The number of likely N-dealkylation sites (tertiary alicyclic amines) is 1. The summed E-state index contributed by atoms with van der Waals surface area (Å²) in [4.78, 5) is 6.95. The van der Waals surface area contributed by atoms with Crippen molar-refractivity contribution in [3.8, 4) is 0 Å². The molecule has 1 fully saturated rings. The van der Waals surface area contributed by atoms with Crippen LogP contribution in [0.4, 0.5) is 0 Å². The number of hydrogen-bond acceptors (Lipinski definition) is 3. The topological polar surface area (TPSA) is 41.6 Å². The third-order valence-electron chi connectivity index (χ3n) is 3.25. The van der Waals surface area contributed by atoms with Gasteiger partial charge in [0.25, 0.3) is 0 Å². The van der Waals surface area contributed by atoms with Crippen LogP contribution in [-0.4, -0.2) is 30.2 Å². The number of aliphatic imine (C=N–C) groups is 1. The largest absolute Gasteiger partial charge is 0.401 e. The van der Waals surface area contributed by atoms with Crippen LogP contribution in [0.15, 0.2) is 16.9 Å². The standard InChI is InChI=1S/C12H21N3/c13-11-5-6-12(14-10-11)4-3-9-15-7-1-2-8-15/h10H,1-9,13H2. The van der Waals surface area contributed by atoms with E-state index in [0.29, 0.717) is 0 Å². The molecule has 3 heteroatoms. The maximum atomic E-state index is 5.67. The quantitative estimate of drug-likeness (QED) is 0.765. The first-order valence-corrected chi connectivity index (χ1v) is 6.07. The van der Waals surface area contributed by atoms with Gasteiger partial charge in [0, 0.05) is 17.6 Å². The number of nitrogens with two attached hydrogens (primary N) is 1. The minimum atomic E-state index is 0.929. The lowest BCUT2D eigenvalue weighted by molar-refractivity contribution is 0.336. The first-order chi connectivity index (χ1) is 7.34. The molecule has 2 heterocycles. The highest BCUT2D eigenvalue weighted by molar-refractivity contribution is 5.85. The molecule has 0 aromatic rings. The molecule has 0 bridgehead atoms. The normalized spacial score (nSPS) is 22.7. The second-order valence-corrected chi connectivity index (χ2v) is 4.55. The fourth-order valence-electron chi connectivity index (χ4n) is 2.29. The maximum Gasteiger partial charge on any atom is 0.0454 e. The molecule has 0 saturated carbocycles. The van der Waals surface area contributed by atoms with E-state index in [9.17, 15) is 0 Å². The van der Waals surface area contributed by atoms with E-state index in [4.69, 9.17) is 5.73 Å². The van der Waals surface area contributed by atoms with Crippen LogP contribution >= 0.6 is 0 Å². The molecule has 2 aliphatic heterocycles. The number of allylic oxidation sites excluding steroid dienone is 1. The Morgan fingerprint density at radius 3 is 2.73 bits per heavy atom. The van der Waals surface area contributed by atoms with E-state index in [1.165, 1.54) is 44.6 Å². The number of nitrogens with zero attached hydrogens (tertiary/aromatic N) is 2. The van der Waals surface area contributed by atoms with E-state index in [2.05, 4.69) is 9.89 Å². The van der Waals surface area contributed by atoms with Crippen molar-refractivity contribution in [1.82, 2.24) is 4.90 Å². The van der Waals surface area contributed by atoms with Crippen LogP contribution in [0.25, 0.3) is 0 Å². The van der Waals surface area contributed by atoms with Crippen LogP contribution < -0.4 is 5.73 Å². The average Bonchev–Trinajstić information content (AvgIpc) is 2.74. The predicted molar refractivity (Wildman–Crippen MR) is 63.8 cm³/mol. The lowest BCUT2D eigenvalue weighted by atomic mass is 10.1. The Morgan fingerprint density at radius 2 is 2.07 bits per heavy atom. The van der Waals surface area contributed by atoms with Crippen molar-refractivity contribution in [2.75, 3.05) is 19.6 Å². The van der Waals surface area contributed by atoms with Crippen LogP contribution in [-0.2, 0) is 0 Å². The molecule has 3 nitrogen and oxygen atoms in total. The summed E-state index contributed by atoms with van der Waals surface area (Å²) in [5.74, 6) is 0. The Labute approximate surface area is 92.0 Å². The van der Waals surface area contributed by atoms with Crippen molar-refractivity contribution in [2.24, 2.45) is 10.7 Å². The lowest BCUT2D eigenvalue weighted by Crippen LogP contribution is -2.21. The molecule has 0 amide bonds. The third-order valence-corrected chi connectivity index (χ3v) is 3.25. The predicted octanol–water partition coefficient (Wildman–Crippen LogP) is 1.90. The summed E-state index contributed by atoms with van der Waals surface area (Å²) >= 11 is 0. The summed E-state index contributed by atoms with van der Waals surface area (Å²) in [6, 6.07) is 0. The monoisotopic (exact) mass is 207 g/mol. The molecular formula is C12H21N3. The van der Waals surface area contributed by atoms with Gasteiger partial charge >= 0.3 is 0 Å². The highest BCUT2D eigenvalue weighted by Gasteiger charge is 2.11. The van der Waals surface area contributed by atoms with Crippen LogP contribution in [0.3, 0.4) is 0 Å². The third kappa shape index (κ3) is 3.34. The molecule has 0 aromatic carbocycles. The Balaban J connectivity index is 1.65. The minimum absolute atomic E-state index is 0.929. The molecule has 0 unspecified atom stereocenters. The highest BCUT2D eigenvalue weighted by Crippen LogP contribution is 2.13. The minimum Gasteiger partial charge on any atom is -0.401 e. The van der Waals surface area contributed by atoms with E-state index in [1.54, 1.807) is 0 Å².